The second-order valence-corrected chi connectivity index (χ2v) is 5.07. The molecule has 1 aromatic carbocycles. The van der Waals surface area contributed by atoms with E-state index < -0.39 is 11.7 Å². The highest BCUT2D eigenvalue weighted by atomic mass is 19.4. The number of hydrogen-bond donors (Lipinski definition) is 1. The molecule has 0 bridgehead atoms. The Kier molecular flexibility index (Phi) is 4.67. The van der Waals surface area contributed by atoms with Crippen molar-refractivity contribution in [3.63, 3.8) is 0 Å². The van der Waals surface area contributed by atoms with Crippen molar-refractivity contribution in [2.45, 2.75) is 25.1 Å². The Balaban J connectivity index is 2.01. The lowest BCUT2D eigenvalue weighted by Crippen LogP contribution is -2.30. The quantitative estimate of drug-likeness (QED) is 0.919. The molecular weight excluding hydrogens is 279 g/mol. The van der Waals surface area contributed by atoms with Crippen LogP contribution in [-0.2, 0) is 26.1 Å². The van der Waals surface area contributed by atoms with E-state index in [2.05, 4.69) is 10.4 Å². The first-order valence-electron chi connectivity index (χ1n) is 6.70. The number of benzene rings is 1. The van der Waals surface area contributed by atoms with E-state index in [1.807, 2.05) is 26.4 Å². The first kappa shape index (κ1) is 15.6. The summed E-state index contributed by atoms with van der Waals surface area (Å²) in [6, 6.07) is 7.40. The van der Waals surface area contributed by atoms with Crippen LogP contribution in [0.15, 0.2) is 36.5 Å². The zero-order valence-corrected chi connectivity index (χ0v) is 12.0. The number of rotatable bonds is 5. The lowest BCUT2D eigenvalue weighted by Gasteiger charge is -2.15. The minimum atomic E-state index is -4.28. The van der Waals surface area contributed by atoms with Gasteiger partial charge in [0.1, 0.15) is 0 Å². The summed E-state index contributed by atoms with van der Waals surface area (Å²) < 4.78 is 39.3. The molecule has 1 aromatic heterocycles. The van der Waals surface area contributed by atoms with Crippen LogP contribution >= 0.6 is 0 Å². The van der Waals surface area contributed by atoms with Gasteiger partial charge in [-0.1, -0.05) is 12.1 Å². The third-order valence-electron chi connectivity index (χ3n) is 3.40. The summed E-state index contributed by atoms with van der Waals surface area (Å²) in [5, 5.41) is 7.50. The molecule has 2 rings (SSSR count). The van der Waals surface area contributed by atoms with Gasteiger partial charge in [-0.15, -0.1) is 0 Å². The fourth-order valence-corrected chi connectivity index (χ4v) is 2.22. The van der Waals surface area contributed by atoms with Crippen molar-refractivity contribution in [2.24, 2.45) is 7.05 Å². The van der Waals surface area contributed by atoms with Crippen LogP contribution < -0.4 is 5.32 Å². The van der Waals surface area contributed by atoms with Crippen LogP contribution in [0.1, 0.15) is 16.8 Å². The Morgan fingerprint density at radius 2 is 1.81 bits per heavy atom. The average Bonchev–Trinajstić information content (AvgIpc) is 2.83. The number of nitrogens with one attached hydrogen (secondary N) is 1. The van der Waals surface area contributed by atoms with Gasteiger partial charge in [0.2, 0.25) is 0 Å². The Hall–Kier alpha value is -1.82. The largest absolute Gasteiger partial charge is 0.416 e. The van der Waals surface area contributed by atoms with Crippen LogP contribution in [0.4, 0.5) is 13.2 Å². The molecule has 1 heterocycles. The number of likely N-dealkylation sites (N-methyl/N-ethyl adjacent to an activating group) is 1. The highest BCUT2D eigenvalue weighted by Gasteiger charge is 2.29. The van der Waals surface area contributed by atoms with Crippen molar-refractivity contribution >= 4 is 0 Å². The number of alkyl halides is 3. The van der Waals surface area contributed by atoms with Crippen molar-refractivity contribution in [3.05, 3.63) is 53.3 Å². The fraction of sp³-hybridized carbons (Fsp3) is 0.400. The summed E-state index contributed by atoms with van der Waals surface area (Å²) in [5.41, 5.74) is 1.22. The summed E-state index contributed by atoms with van der Waals surface area (Å²) in [6.07, 6.45) is -1.02. The number of aromatic nitrogens is 2. The molecule has 0 radical (unpaired) electrons. The minimum Gasteiger partial charge on any atom is -0.316 e. The smallest absolute Gasteiger partial charge is 0.316 e. The topological polar surface area (TPSA) is 29.9 Å². The second kappa shape index (κ2) is 6.30. The maximum Gasteiger partial charge on any atom is 0.416 e. The summed E-state index contributed by atoms with van der Waals surface area (Å²) in [6.45, 7) is 0. The van der Waals surface area contributed by atoms with Crippen LogP contribution in [0.3, 0.4) is 0 Å². The van der Waals surface area contributed by atoms with E-state index in [4.69, 9.17) is 0 Å². The van der Waals surface area contributed by atoms with Gasteiger partial charge in [0.15, 0.2) is 0 Å². The molecule has 0 spiro atoms. The van der Waals surface area contributed by atoms with Gasteiger partial charge >= 0.3 is 6.18 Å². The second-order valence-electron chi connectivity index (χ2n) is 5.07. The molecule has 2 aromatic rings. The Morgan fingerprint density at radius 1 is 1.14 bits per heavy atom. The van der Waals surface area contributed by atoms with Crippen molar-refractivity contribution in [2.75, 3.05) is 7.05 Å². The van der Waals surface area contributed by atoms with Gasteiger partial charge < -0.3 is 5.32 Å². The van der Waals surface area contributed by atoms with Crippen LogP contribution in [0.5, 0.6) is 0 Å². The monoisotopic (exact) mass is 297 g/mol. The first-order valence-corrected chi connectivity index (χ1v) is 6.70. The molecule has 1 atom stereocenters. The molecule has 0 fully saturated rings. The standard InChI is InChI=1S/C15H18F3N3/c1-19-14(10-13-7-8-21(2)20-13)9-11-3-5-12(6-4-11)15(16,17)18/h3-8,14,19H,9-10H2,1-2H3. The molecule has 114 valence electrons. The van der Waals surface area contributed by atoms with Crippen LogP contribution in [0.25, 0.3) is 0 Å². The van der Waals surface area contributed by atoms with Crippen molar-refractivity contribution < 1.29 is 13.2 Å². The van der Waals surface area contributed by atoms with Gasteiger partial charge in [0.05, 0.1) is 11.3 Å². The third kappa shape index (κ3) is 4.32. The molecule has 0 aliphatic rings. The highest BCUT2D eigenvalue weighted by Crippen LogP contribution is 2.29. The Morgan fingerprint density at radius 3 is 2.29 bits per heavy atom. The Bertz CT molecular complexity index is 573. The van der Waals surface area contributed by atoms with Gasteiger partial charge in [-0.3, -0.25) is 4.68 Å². The van der Waals surface area contributed by atoms with Crippen molar-refractivity contribution in [1.82, 2.24) is 15.1 Å². The summed E-state index contributed by atoms with van der Waals surface area (Å²) in [5.74, 6) is 0. The predicted octanol–water partition coefficient (Wildman–Crippen LogP) is 2.81. The average molecular weight is 297 g/mol. The van der Waals surface area contributed by atoms with E-state index in [0.29, 0.717) is 6.42 Å². The van der Waals surface area contributed by atoms with E-state index in [1.165, 1.54) is 12.1 Å². The van der Waals surface area contributed by atoms with Gasteiger partial charge in [-0.25, -0.2) is 0 Å². The maximum atomic E-state index is 12.5. The third-order valence-corrected chi connectivity index (χ3v) is 3.40. The molecular formula is C15H18F3N3. The predicted molar refractivity (Wildman–Crippen MR) is 74.9 cm³/mol. The molecule has 1 unspecified atom stereocenters. The van der Waals surface area contributed by atoms with E-state index in [1.54, 1.807) is 4.68 Å². The lowest BCUT2D eigenvalue weighted by molar-refractivity contribution is -0.137. The van der Waals surface area contributed by atoms with Crippen molar-refractivity contribution in [1.29, 1.82) is 0 Å². The normalized spacial score (nSPS) is 13.4. The minimum absolute atomic E-state index is 0.136. The number of aryl methyl sites for hydroxylation is 1. The van der Waals surface area contributed by atoms with E-state index in [0.717, 1.165) is 29.8 Å². The van der Waals surface area contributed by atoms with E-state index >= 15 is 0 Å². The van der Waals surface area contributed by atoms with Gasteiger partial charge in [-0.2, -0.15) is 18.3 Å². The summed E-state index contributed by atoms with van der Waals surface area (Å²) >= 11 is 0. The molecule has 0 saturated heterocycles. The van der Waals surface area contributed by atoms with E-state index in [-0.39, 0.29) is 6.04 Å². The van der Waals surface area contributed by atoms with Crippen LogP contribution in [0, 0.1) is 0 Å². The molecule has 0 amide bonds. The fourth-order valence-electron chi connectivity index (χ4n) is 2.22. The Labute approximate surface area is 121 Å². The molecule has 0 saturated carbocycles. The first-order chi connectivity index (χ1) is 9.88. The van der Waals surface area contributed by atoms with Gasteiger partial charge in [0.25, 0.3) is 0 Å². The number of halogens is 3. The number of nitrogens with zero attached hydrogens (tertiary/aromatic N) is 2. The van der Waals surface area contributed by atoms with Crippen molar-refractivity contribution in [3.8, 4) is 0 Å². The molecule has 3 nitrogen and oxygen atoms in total. The van der Waals surface area contributed by atoms with Gasteiger partial charge in [-0.05, 0) is 37.2 Å². The van der Waals surface area contributed by atoms with Crippen LogP contribution in [0.2, 0.25) is 0 Å². The van der Waals surface area contributed by atoms with Crippen LogP contribution in [-0.4, -0.2) is 22.9 Å². The molecule has 6 heteroatoms. The SMILES string of the molecule is CNC(Cc1ccc(C(F)(F)F)cc1)Cc1ccn(C)n1. The van der Waals surface area contributed by atoms with E-state index in [9.17, 15) is 13.2 Å². The summed E-state index contributed by atoms with van der Waals surface area (Å²) in [4.78, 5) is 0. The molecule has 0 aliphatic carbocycles. The number of hydrogen-bond acceptors (Lipinski definition) is 2. The maximum absolute atomic E-state index is 12.5. The molecule has 0 aliphatic heterocycles. The summed E-state index contributed by atoms with van der Waals surface area (Å²) in [7, 11) is 3.70. The molecule has 21 heavy (non-hydrogen) atoms. The lowest BCUT2D eigenvalue weighted by atomic mass is 10.0. The zero-order chi connectivity index (χ0) is 15.5. The highest BCUT2D eigenvalue weighted by molar-refractivity contribution is 5.25. The zero-order valence-electron chi connectivity index (χ0n) is 12.0. The van der Waals surface area contributed by atoms with Gasteiger partial charge in [0, 0.05) is 25.7 Å². The molecule has 1 N–H and O–H groups in total.